The van der Waals surface area contributed by atoms with Gasteiger partial charge < -0.3 is 15.1 Å². The molecule has 28 heavy (non-hydrogen) atoms. The first kappa shape index (κ1) is 22.4. The second kappa shape index (κ2) is 10.1. The number of hydrogen-bond donors (Lipinski definition) is 2. The number of aromatic nitrogens is 3. The molecule has 7 nitrogen and oxygen atoms in total. The Morgan fingerprint density at radius 1 is 1.39 bits per heavy atom. The van der Waals surface area contributed by atoms with Gasteiger partial charge in [0.1, 0.15) is 6.26 Å². The maximum Gasteiger partial charge on any atom is 0.236 e. The van der Waals surface area contributed by atoms with Crippen molar-refractivity contribution < 1.29 is 4.42 Å². The molecule has 0 aliphatic carbocycles. The van der Waals surface area contributed by atoms with Crippen LogP contribution in [0.1, 0.15) is 29.6 Å². The van der Waals surface area contributed by atoms with E-state index in [2.05, 4.69) is 46.5 Å². The molecule has 0 fully saturated rings. The molecular formula is C19H27IN6OS. The lowest BCUT2D eigenvalue weighted by atomic mass is 10.1. The number of nitrogens with one attached hydrogen (secondary N) is 2. The largest absolute Gasteiger partial charge is 0.443 e. The summed E-state index contributed by atoms with van der Waals surface area (Å²) < 4.78 is 7.48. The van der Waals surface area contributed by atoms with Crippen LogP contribution in [-0.2, 0) is 20.0 Å². The minimum absolute atomic E-state index is 0. The number of hydrogen-bond acceptors (Lipinski definition) is 5. The summed E-state index contributed by atoms with van der Waals surface area (Å²) in [6.45, 7) is 6.85. The van der Waals surface area contributed by atoms with Crippen LogP contribution in [0.25, 0.3) is 10.8 Å². The summed E-state index contributed by atoms with van der Waals surface area (Å²) >= 11 is 1.61. The van der Waals surface area contributed by atoms with Crippen LogP contribution < -0.4 is 10.6 Å². The van der Waals surface area contributed by atoms with Crippen LogP contribution >= 0.6 is 35.3 Å². The zero-order valence-electron chi connectivity index (χ0n) is 16.8. The van der Waals surface area contributed by atoms with E-state index in [4.69, 9.17) is 4.42 Å². The van der Waals surface area contributed by atoms with Gasteiger partial charge in [-0.05, 0) is 44.2 Å². The van der Waals surface area contributed by atoms with Gasteiger partial charge in [0.25, 0.3) is 0 Å². The number of aryl methyl sites for hydroxylation is 2. The summed E-state index contributed by atoms with van der Waals surface area (Å²) in [5, 5.41) is 13.2. The highest BCUT2D eigenvalue weighted by Crippen LogP contribution is 2.23. The zero-order chi connectivity index (χ0) is 19.4. The highest BCUT2D eigenvalue weighted by Gasteiger charge is 2.14. The molecule has 152 valence electrons. The van der Waals surface area contributed by atoms with E-state index in [1.807, 2.05) is 29.2 Å². The Morgan fingerprint density at radius 2 is 2.18 bits per heavy atom. The molecule has 0 bridgehead atoms. The summed E-state index contributed by atoms with van der Waals surface area (Å²) in [5.41, 5.74) is 4.40. The topological polar surface area (TPSA) is 80.3 Å². The maximum atomic E-state index is 5.55. The fraction of sp³-hybridized carbons (Fsp3) is 0.421. The van der Waals surface area contributed by atoms with Crippen molar-refractivity contribution in [3.8, 4) is 10.8 Å². The van der Waals surface area contributed by atoms with Crippen LogP contribution in [0.5, 0.6) is 0 Å². The Kier molecular flexibility index (Phi) is 8.05. The van der Waals surface area contributed by atoms with Crippen LogP contribution in [0.4, 0.5) is 0 Å². The van der Waals surface area contributed by atoms with Crippen molar-refractivity contribution in [1.29, 1.82) is 0 Å². The molecule has 3 aromatic rings. The van der Waals surface area contributed by atoms with E-state index in [0.29, 0.717) is 12.4 Å². The Hall–Kier alpha value is -1.88. The van der Waals surface area contributed by atoms with Gasteiger partial charge in [0.2, 0.25) is 5.89 Å². The van der Waals surface area contributed by atoms with E-state index >= 15 is 0 Å². The Bertz CT molecular complexity index is 915. The smallest absolute Gasteiger partial charge is 0.236 e. The van der Waals surface area contributed by atoms with E-state index in [1.165, 1.54) is 11.3 Å². The van der Waals surface area contributed by atoms with Crippen LogP contribution in [0, 0.1) is 13.8 Å². The van der Waals surface area contributed by atoms with Gasteiger partial charge in [-0.15, -0.1) is 35.3 Å². The molecule has 0 saturated carbocycles. The average Bonchev–Trinajstić information content (AvgIpc) is 3.37. The summed E-state index contributed by atoms with van der Waals surface area (Å²) in [5.74, 6) is 1.39. The molecule has 9 heteroatoms. The van der Waals surface area contributed by atoms with Crippen LogP contribution in [0.15, 0.2) is 33.2 Å². The van der Waals surface area contributed by atoms with Crippen molar-refractivity contribution in [2.75, 3.05) is 7.05 Å². The van der Waals surface area contributed by atoms with E-state index in [0.717, 1.165) is 28.6 Å². The molecule has 0 spiro atoms. The molecular weight excluding hydrogens is 487 g/mol. The van der Waals surface area contributed by atoms with Gasteiger partial charge in [-0.2, -0.15) is 5.10 Å². The number of oxazole rings is 1. The molecule has 1 atom stereocenters. The lowest BCUT2D eigenvalue weighted by molar-refractivity contribution is 0.573. The highest BCUT2D eigenvalue weighted by atomic mass is 127. The molecule has 1 unspecified atom stereocenters. The quantitative estimate of drug-likeness (QED) is 0.298. The Labute approximate surface area is 186 Å². The standard InChI is InChI=1S/C19H26N6OS.HI/c1-12(9-16-13(2)24-25(5)14(16)3)22-19(20-4)21-10-15-11-26-18(23-15)17-7-6-8-27-17;/h6-8,11-12H,9-10H2,1-5H3,(H2,20,21,22);1H. The second-order valence-electron chi connectivity index (χ2n) is 6.57. The number of thiophene rings is 1. The highest BCUT2D eigenvalue weighted by molar-refractivity contribution is 14.0. The second-order valence-corrected chi connectivity index (χ2v) is 7.52. The molecule has 2 N–H and O–H groups in total. The number of guanidine groups is 1. The molecule has 3 rings (SSSR count). The van der Waals surface area contributed by atoms with Crippen molar-refractivity contribution in [3.05, 3.63) is 46.4 Å². The lowest BCUT2D eigenvalue weighted by Gasteiger charge is -2.17. The van der Waals surface area contributed by atoms with Crippen molar-refractivity contribution in [3.63, 3.8) is 0 Å². The maximum absolute atomic E-state index is 5.55. The van der Waals surface area contributed by atoms with Gasteiger partial charge in [-0.25, -0.2) is 4.98 Å². The fourth-order valence-electron chi connectivity index (χ4n) is 2.97. The normalized spacial score (nSPS) is 12.5. The SMILES string of the molecule is CN=C(NCc1coc(-c2cccs2)n1)NC(C)Cc1c(C)nn(C)c1C.I. The summed E-state index contributed by atoms with van der Waals surface area (Å²) in [6, 6.07) is 4.20. The van der Waals surface area contributed by atoms with E-state index in [1.54, 1.807) is 24.6 Å². The van der Waals surface area contributed by atoms with Crippen molar-refractivity contribution in [2.24, 2.45) is 12.0 Å². The van der Waals surface area contributed by atoms with Gasteiger partial charge in [0, 0.05) is 25.8 Å². The van der Waals surface area contributed by atoms with E-state index in [9.17, 15) is 0 Å². The number of rotatable bonds is 6. The van der Waals surface area contributed by atoms with E-state index < -0.39 is 0 Å². The van der Waals surface area contributed by atoms with Gasteiger partial charge in [-0.3, -0.25) is 9.67 Å². The summed E-state index contributed by atoms with van der Waals surface area (Å²) in [6.07, 6.45) is 2.57. The minimum Gasteiger partial charge on any atom is -0.443 e. The van der Waals surface area contributed by atoms with E-state index in [-0.39, 0.29) is 30.0 Å². The molecule has 0 amide bonds. The third-order valence-electron chi connectivity index (χ3n) is 4.50. The molecule has 0 radical (unpaired) electrons. The third kappa shape index (κ3) is 5.34. The van der Waals surface area contributed by atoms with Crippen molar-refractivity contribution >= 4 is 41.3 Å². The molecule has 0 aliphatic heterocycles. The average molecular weight is 514 g/mol. The van der Waals surface area contributed by atoms with Crippen molar-refractivity contribution in [1.82, 2.24) is 25.4 Å². The molecule has 3 aromatic heterocycles. The predicted octanol–water partition coefficient (Wildman–Crippen LogP) is 3.67. The number of halogens is 1. The van der Waals surface area contributed by atoms with Crippen LogP contribution in [-0.4, -0.2) is 33.8 Å². The zero-order valence-corrected chi connectivity index (χ0v) is 20.0. The van der Waals surface area contributed by atoms with Gasteiger partial charge in [0.15, 0.2) is 5.96 Å². The minimum atomic E-state index is 0. The predicted molar refractivity (Wildman–Crippen MR) is 124 cm³/mol. The summed E-state index contributed by atoms with van der Waals surface area (Å²) in [4.78, 5) is 9.86. The Balaban J connectivity index is 0.00000280. The fourth-order valence-corrected chi connectivity index (χ4v) is 3.63. The Morgan fingerprint density at radius 3 is 2.79 bits per heavy atom. The molecule has 3 heterocycles. The van der Waals surface area contributed by atoms with Crippen LogP contribution in [0.3, 0.4) is 0 Å². The molecule has 0 aliphatic rings. The first-order valence-electron chi connectivity index (χ1n) is 8.92. The number of aliphatic imine (C=N–C) groups is 1. The van der Waals surface area contributed by atoms with Gasteiger partial charge in [-0.1, -0.05) is 6.07 Å². The van der Waals surface area contributed by atoms with Crippen molar-refractivity contribution in [2.45, 2.75) is 39.8 Å². The first-order chi connectivity index (χ1) is 13.0. The van der Waals surface area contributed by atoms with Gasteiger partial charge in [0.05, 0.1) is 22.8 Å². The summed E-state index contributed by atoms with van der Waals surface area (Å²) in [7, 11) is 3.75. The lowest BCUT2D eigenvalue weighted by Crippen LogP contribution is -2.42. The van der Waals surface area contributed by atoms with Crippen LogP contribution in [0.2, 0.25) is 0 Å². The number of nitrogens with zero attached hydrogens (tertiary/aromatic N) is 4. The van der Waals surface area contributed by atoms with Gasteiger partial charge >= 0.3 is 0 Å². The molecule has 0 aromatic carbocycles. The molecule has 0 saturated heterocycles. The monoisotopic (exact) mass is 514 g/mol. The third-order valence-corrected chi connectivity index (χ3v) is 5.35. The first-order valence-corrected chi connectivity index (χ1v) is 9.80.